The van der Waals surface area contributed by atoms with Crippen LogP contribution >= 0.6 is 11.6 Å². The lowest BCUT2D eigenvalue weighted by Crippen LogP contribution is -2.33. The number of carbonyl (C=O) groups is 1. The minimum Gasteiger partial charge on any atom is -0.495 e. The van der Waals surface area contributed by atoms with E-state index in [1.807, 2.05) is 0 Å². The van der Waals surface area contributed by atoms with Gasteiger partial charge in [0, 0.05) is 23.6 Å². The third-order valence-corrected chi connectivity index (χ3v) is 4.43. The molecule has 0 fully saturated rings. The van der Waals surface area contributed by atoms with E-state index in [-0.39, 0.29) is 23.5 Å². The van der Waals surface area contributed by atoms with Gasteiger partial charge in [0.1, 0.15) is 10.6 Å². The Kier molecular flexibility index (Phi) is 5.79. The van der Waals surface area contributed by atoms with Crippen LogP contribution in [-0.2, 0) is 14.8 Å². The standard InChI is InChI=1S/C12H16ClNO5S/c1-8(3-6-12(15)16)14-20(17,18)11-5-4-9(13)7-10(11)19-2/h4-5,7-8,14H,3,6H2,1-2H3,(H,15,16). The molecule has 0 aliphatic rings. The molecule has 0 saturated heterocycles. The van der Waals surface area contributed by atoms with Crippen molar-refractivity contribution >= 4 is 27.6 Å². The summed E-state index contributed by atoms with van der Waals surface area (Å²) in [6, 6.07) is 3.68. The molecule has 0 spiro atoms. The second-order valence-electron chi connectivity index (χ2n) is 4.25. The zero-order valence-corrected chi connectivity index (χ0v) is 12.7. The zero-order valence-electron chi connectivity index (χ0n) is 11.1. The number of benzene rings is 1. The van der Waals surface area contributed by atoms with Gasteiger partial charge in [-0.3, -0.25) is 4.79 Å². The molecule has 1 aromatic carbocycles. The van der Waals surface area contributed by atoms with Crippen LogP contribution < -0.4 is 9.46 Å². The van der Waals surface area contributed by atoms with E-state index in [1.165, 1.54) is 25.3 Å². The van der Waals surface area contributed by atoms with Gasteiger partial charge < -0.3 is 9.84 Å². The molecule has 0 heterocycles. The Labute approximate surface area is 122 Å². The highest BCUT2D eigenvalue weighted by Crippen LogP contribution is 2.27. The molecule has 0 aliphatic carbocycles. The molecular formula is C12H16ClNO5S. The lowest BCUT2D eigenvalue weighted by atomic mass is 10.2. The fourth-order valence-corrected chi connectivity index (χ4v) is 3.18. The number of carboxylic acids is 1. The summed E-state index contributed by atoms with van der Waals surface area (Å²) in [6.45, 7) is 1.60. The number of hydrogen-bond acceptors (Lipinski definition) is 4. The van der Waals surface area contributed by atoms with E-state index in [0.29, 0.717) is 5.02 Å². The molecule has 0 aromatic heterocycles. The average Bonchev–Trinajstić information content (AvgIpc) is 2.35. The summed E-state index contributed by atoms with van der Waals surface area (Å²) in [7, 11) is -2.45. The van der Waals surface area contributed by atoms with Crippen LogP contribution in [0, 0.1) is 0 Å². The first kappa shape index (κ1) is 16.7. The van der Waals surface area contributed by atoms with E-state index in [4.69, 9.17) is 21.4 Å². The monoisotopic (exact) mass is 321 g/mol. The van der Waals surface area contributed by atoms with E-state index in [9.17, 15) is 13.2 Å². The Morgan fingerprint density at radius 2 is 2.15 bits per heavy atom. The van der Waals surface area contributed by atoms with Gasteiger partial charge in [-0.2, -0.15) is 0 Å². The van der Waals surface area contributed by atoms with Gasteiger partial charge >= 0.3 is 5.97 Å². The van der Waals surface area contributed by atoms with Crippen molar-refractivity contribution in [2.24, 2.45) is 0 Å². The summed E-state index contributed by atoms with van der Waals surface area (Å²) in [4.78, 5) is 10.4. The summed E-state index contributed by atoms with van der Waals surface area (Å²) < 4.78 is 31.8. The molecule has 1 unspecified atom stereocenters. The third-order valence-electron chi connectivity index (χ3n) is 2.56. The first-order valence-corrected chi connectivity index (χ1v) is 7.70. The van der Waals surface area contributed by atoms with Crippen molar-refractivity contribution in [1.29, 1.82) is 0 Å². The Hall–Kier alpha value is -1.31. The quantitative estimate of drug-likeness (QED) is 0.800. The summed E-state index contributed by atoms with van der Waals surface area (Å²) in [6.07, 6.45) is 0.0892. The van der Waals surface area contributed by atoms with Gasteiger partial charge in [0.25, 0.3) is 0 Å². The highest BCUT2D eigenvalue weighted by Gasteiger charge is 2.22. The Morgan fingerprint density at radius 3 is 2.70 bits per heavy atom. The highest BCUT2D eigenvalue weighted by atomic mass is 35.5. The molecule has 8 heteroatoms. The van der Waals surface area contributed by atoms with Crippen LogP contribution in [0.15, 0.2) is 23.1 Å². The van der Waals surface area contributed by atoms with E-state index in [0.717, 1.165) is 0 Å². The van der Waals surface area contributed by atoms with Crippen LogP contribution in [0.2, 0.25) is 5.02 Å². The van der Waals surface area contributed by atoms with Crippen molar-refractivity contribution in [2.75, 3.05) is 7.11 Å². The summed E-state index contributed by atoms with van der Waals surface area (Å²) in [5, 5.41) is 8.94. The van der Waals surface area contributed by atoms with Crippen LogP contribution in [0.5, 0.6) is 5.75 Å². The Morgan fingerprint density at radius 1 is 1.50 bits per heavy atom. The molecule has 0 bridgehead atoms. The molecule has 0 amide bonds. The molecule has 2 N–H and O–H groups in total. The number of rotatable bonds is 7. The highest BCUT2D eigenvalue weighted by molar-refractivity contribution is 7.89. The van der Waals surface area contributed by atoms with Crippen LogP contribution in [-0.4, -0.2) is 32.6 Å². The molecule has 1 atom stereocenters. The van der Waals surface area contributed by atoms with Crippen LogP contribution in [0.3, 0.4) is 0 Å². The minimum atomic E-state index is -3.79. The molecule has 1 aromatic rings. The largest absolute Gasteiger partial charge is 0.495 e. The van der Waals surface area contributed by atoms with E-state index >= 15 is 0 Å². The number of carboxylic acid groups (broad SMARTS) is 1. The minimum absolute atomic E-state index is 0.0356. The van der Waals surface area contributed by atoms with E-state index in [2.05, 4.69) is 4.72 Å². The fourth-order valence-electron chi connectivity index (χ4n) is 1.59. The Balaban J connectivity index is 2.91. The maximum absolute atomic E-state index is 12.2. The topological polar surface area (TPSA) is 92.7 Å². The first-order chi connectivity index (χ1) is 9.26. The number of nitrogens with one attached hydrogen (secondary N) is 1. The van der Waals surface area contributed by atoms with Crippen molar-refractivity contribution in [1.82, 2.24) is 4.72 Å². The van der Waals surface area contributed by atoms with Gasteiger partial charge in [-0.25, -0.2) is 13.1 Å². The van der Waals surface area contributed by atoms with E-state index in [1.54, 1.807) is 6.92 Å². The maximum Gasteiger partial charge on any atom is 0.303 e. The molecule has 0 saturated carbocycles. The van der Waals surface area contributed by atoms with E-state index < -0.39 is 22.0 Å². The second kappa shape index (κ2) is 6.92. The van der Waals surface area contributed by atoms with Crippen LogP contribution in [0.25, 0.3) is 0 Å². The molecule has 0 radical (unpaired) electrons. The lowest BCUT2D eigenvalue weighted by molar-refractivity contribution is -0.137. The molecule has 0 aliphatic heterocycles. The number of aliphatic carboxylic acids is 1. The normalized spacial score (nSPS) is 12.9. The van der Waals surface area contributed by atoms with Crippen molar-refractivity contribution in [2.45, 2.75) is 30.7 Å². The second-order valence-corrected chi connectivity index (χ2v) is 6.37. The van der Waals surface area contributed by atoms with Gasteiger partial charge in [0.2, 0.25) is 10.0 Å². The summed E-state index contributed by atoms with van der Waals surface area (Å²) in [5.74, 6) is -0.837. The zero-order chi connectivity index (χ0) is 15.3. The number of methoxy groups -OCH3 is 1. The van der Waals surface area contributed by atoms with Crippen LogP contribution in [0.1, 0.15) is 19.8 Å². The maximum atomic E-state index is 12.2. The fraction of sp³-hybridized carbons (Fsp3) is 0.417. The predicted octanol–water partition coefficient (Wildman–Crippen LogP) is 1.88. The van der Waals surface area contributed by atoms with Gasteiger partial charge in [0.15, 0.2) is 0 Å². The summed E-state index contributed by atoms with van der Waals surface area (Å²) >= 11 is 5.78. The molecule has 6 nitrogen and oxygen atoms in total. The SMILES string of the molecule is COc1cc(Cl)ccc1S(=O)(=O)NC(C)CCC(=O)O. The van der Waals surface area contributed by atoms with Gasteiger partial charge in [-0.1, -0.05) is 11.6 Å². The van der Waals surface area contributed by atoms with Crippen molar-refractivity contribution in [3.05, 3.63) is 23.2 Å². The van der Waals surface area contributed by atoms with Crippen molar-refractivity contribution in [3.8, 4) is 5.75 Å². The number of sulfonamides is 1. The molecule has 112 valence electrons. The number of ether oxygens (including phenoxy) is 1. The molecule has 1 rings (SSSR count). The van der Waals surface area contributed by atoms with Crippen LogP contribution in [0.4, 0.5) is 0 Å². The van der Waals surface area contributed by atoms with Crippen molar-refractivity contribution < 1.29 is 23.1 Å². The molecular weight excluding hydrogens is 306 g/mol. The number of hydrogen-bond donors (Lipinski definition) is 2. The average molecular weight is 322 g/mol. The first-order valence-electron chi connectivity index (χ1n) is 5.84. The van der Waals surface area contributed by atoms with Gasteiger partial charge in [0.05, 0.1) is 7.11 Å². The van der Waals surface area contributed by atoms with Gasteiger partial charge in [-0.15, -0.1) is 0 Å². The predicted molar refractivity (Wildman–Crippen MR) is 74.7 cm³/mol. The Bertz CT molecular complexity index is 588. The lowest BCUT2D eigenvalue weighted by Gasteiger charge is -2.15. The number of halogens is 1. The summed E-state index contributed by atoms with van der Waals surface area (Å²) in [5.41, 5.74) is 0. The van der Waals surface area contributed by atoms with Gasteiger partial charge in [-0.05, 0) is 25.5 Å². The van der Waals surface area contributed by atoms with Crippen molar-refractivity contribution in [3.63, 3.8) is 0 Å². The molecule has 20 heavy (non-hydrogen) atoms. The third kappa shape index (κ3) is 4.66. The smallest absolute Gasteiger partial charge is 0.303 e.